The molecule has 2 N–H and O–H groups in total. The summed E-state index contributed by atoms with van der Waals surface area (Å²) in [6.45, 7) is 7.72. The number of nitrogens with two attached hydrogens (primary N) is 1. The van der Waals surface area contributed by atoms with Gasteiger partial charge in [-0.3, -0.25) is 4.79 Å². The number of likely N-dealkylation sites (tertiary alicyclic amines) is 1. The van der Waals surface area contributed by atoms with Crippen molar-refractivity contribution in [3.63, 3.8) is 0 Å². The van der Waals surface area contributed by atoms with E-state index in [4.69, 9.17) is 5.73 Å². The number of benzene rings is 1. The molecule has 2 aromatic rings. The summed E-state index contributed by atoms with van der Waals surface area (Å²) in [4.78, 5) is 15.0. The fraction of sp³-hybridized carbons (Fsp3) is 0.474. The van der Waals surface area contributed by atoms with Gasteiger partial charge in [-0.2, -0.15) is 5.10 Å². The average molecular weight is 363 g/mol. The number of carbonyl (C=O) groups excluding carboxylic acids is 1. The zero-order valence-corrected chi connectivity index (χ0v) is 15.9. The van der Waals surface area contributed by atoms with Gasteiger partial charge in [0.25, 0.3) is 5.91 Å². The van der Waals surface area contributed by atoms with Gasteiger partial charge in [0.15, 0.2) is 0 Å². The van der Waals surface area contributed by atoms with E-state index in [1.807, 2.05) is 39.9 Å². The lowest BCUT2D eigenvalue weighted by Crippen LogP contribution is -2.54. The number of hydrogen-bond acceptors (Lipinski definition) is 3. The monoisotopic (exact) mass is 362 g/mol. The highest BCUT2D eigenvalue weighted by Gasteiger charge is 2.36. The maximum absolute atomic E-state index is 13.1. The van der Waals surface area contributed by atoms with Crippen LogP contribution in [0.15, 0.2) is 36.5 Å². The SMILES string of the molecule is CCc1c(C(=O)N2CCC(N)C(C)(C)C2)cnn1-c1ccccc1.Cl. The summed E-state index contributed by atoms with van der Waals surface area (Å²) in [5.41, 5.74) is 8.78. The van der Waals surface area contributed by atoms with E-state index in [1.165, 1.54) is 0 Å². The Morgan fingerprint density at radius 1 is 1.32 bits per heavy atom. The van der Waals surface area contributed by atoms with Crippen molar-refractivity contribution in [1.29, 1.82) is 0 Å². The molecule has 0 bridgehead atoms. The molecule has 1 saturated heterocycles. The molecular weight excluding hydrogens is 336 g/mol. The maximum Gasteiger partial charge on any atom is 0.257 e. The van der Waals surface area contributed by atoms with Crippen molar-refractivity contribution >= 4 is 18.3 Å². The van der Waals surface area contributed by atoms with Crippen LogP contribution in [0.5, 0.6) is 0 Å². The number of para-hydroxylation sites is 1. The van der Waals surface area contributed by atoms with Crippen LogP contribution in [0.25, 0.3) is 5.69 Å². The average Bonchev–Trinajstić information content (AvgIpc) is 3.01. The quantitative estimate of drug-likeness (QED) is 0.912. The maximum atomic E-state index is 13.1. The summed E-state index contributed by atoms with van der Waals surface area (Å²) < 4.78 is 1.87. The minimum atomic E-state index is -0.0598. The molecular formula is C19H27ClN4O. The molecule has 0 aliphatic carbocycles. The molecule has 0 spiro atoms. The zero-order chi connectivity index (χ0) is 17.3. The molecule has 1 fully saturated rings. The Morgan fingerprint density at radius 2 is 2.00 bits per heavy atom. The molecule has 1 unspecified atom stereocenters. The van der Waals surface area contributed by atoms with Crippen LogP contribution in [0, 0.1) is 5.41 Å². The minimum Gasteiger partial charge on any atom is -0.338 e. The van der Waals surface area contributed by atoms with Crippen molar-refractivity contribution in [3.8, 4) is 5.69 Å². The lowest BCUT2D eigenvalue weighted by Gasteiger charge is -2.42. The van der Waals surface area contributed by atoms with E-state index in [2.05, 4.69) is 25.9 Å². The second-order valence-corrected chi connectivity index (χ2v) is 7.22. The van der Waals surface area contributed by atoms with E-state index < -0.39 is 0 Å². The predicted molar refractivity (Wildman–Crippen MR) is 102 cm³/mol. The first-order valence-electron chi connectivity index (χ1n) is 8.61. The van der Waals surface area contributed by atoms with Gasteiger partial charge in [0.2, 0.25) is 0 Å². The standard InChI is InChI=1S/C19H26N4O.ClH/c1-4-16-15(12-21-23(16)14-8-6-5-7-9-14)18(24)22-11-10-17(20)19(2,3)13-22;/h5-9,12,17H,4,10-11,13,20H2,1-3H3;1H. The van der Waals surface area contributed by atoms with Crippen LogP contribution in [0.4, 0.5) is 0 Å². The van der Waals surface area contributed by atoms with E-state index in [9.17, 15) is 4.79 Å². The van der Waals surface area contributed by atoms with Gasteiger partial charge in [-0.05, 0) is 30.4 Å². The third kappa shape index (κ3) is 3.72. The lowest BCUT2D eigenvalue weighted by atomic mass is 9.79. The molecule has 0 radical (unpaired) electrons. The molecule has 0 saturated carbocycles. The molecule has 1 amide bonds. The van der Waals surface area contributed by atoms with E-state index >= 15 is 0 Å². The topological polar surface area (TPSA) is 64.2 Å². The molecule has 25 heavy (non-hydrogen) atoms. The molecule has 136 valence electrons. The Morgan fingerprint density at radius 3 is 2.60 bits per heavy atom. The summed E-state index contributed by atoms with van der Waals surface area (Å²) in [7, 11) is 0. The Balaban J connectivity index is 0.00000225. The lowest BCUT2D eigenvalue weighted by molar-refractivity contribution is 0.0532. The number of carbonyl (C=O) groups is 1. The number of halogens is 1. The van der Waals surface area contributed by atoms with Gasteiger partial charge in [-0.25, -0.2) is 4.68 Å². The highest BCUT2D eigenvalue weighted by molar-refractivity contribution is 5.95. The minimum absolute atomic E-state index is 0. The van der Waals surface area contributed by atoms with E-state index in [0.29, 0.717) is 18.7 Å². The van der Waals surface area contributed by atoms with Gasteiger partial charge in [0.05, 0.1) is 23.1 Å². The number of aromatic nitrogens is 2. The molecule has 1 aromatic carbocycles. The van der Waals surface area contributed by atoms with Gasteiger partial charge < -0.3 is 10.6 Å². The first-order chi connectivity index (χ1) is 11.4. The van der Waals surface area contributed by atoms with Gasteiger partial charge in [0.1, 0.15) is 0 Å². The van der Waals surface area contributed by atoms with Crippen LogP contribution < -0.4 is 5.73 Å². The number of rotatable bonds is 3. The third-order valence-corrected chi connectivity index (χ3v) is 5.03. The molecule has 2 heterocycles. The molecule has 5 nitrogen and oxygen atoms in total. The summed E-state index contributed by atoms with van der Waals surface area (Å²) in [5.74, 6) is 0.0639. The predicted octanol–water partition coefficient (Wildman–Crippen LogP) is 3.06. The number of nitrogens with zero attached hydrogens (tertiary/aromatic N) is 3. The summed E-state index contributed by atoms with van der Waals surface area (Å²) in [6.07, 6.45) is 3.30. The Kier molecular flexibility index (Phi) is 5.91. The van der Waals surface area contributed by atoms with Crippen molar-refractivity contribution in [1.82, 2.24) is 14.7 Å². The Labute approximate surface area is 155 Å². The van der Waals surface area contributed by atoms with E-state index in [0.717, 1.165) is 24.2 Å². The van der Waals surface area contributed by atoms with Gasteiger partial charge in [-0.15, -0.1) is 12.4 Å². The highest BCUT2D eigenvalue weighted by Crippen LogP contribution is 2.29. The van der Waals surface area contributed by atoms with Crippen LogP contribution >= 0.6 is 12.4 Å². The zero-order valence-electron chi connectivity index (χ0n) is 15.1. The highest BCUT2D eigenvalue weighted by atomic mass is 35.5. The third-order valence-electron chi connectivity index (χ3n) is 5.03. The van der Waals surface area contributed by atoms with Crippen molar-refractivity contribution in [2.45, 2.75) is 39.7 Å². The molecule has 6 heteroatoms. The van der Waals surface area contributed by atoms with E-state index in [1.54, 1.807) is 6.20 Å². The van der Waals surface area contributed by atoms with E-state index in [-0.39, 0.29) is 29.8 Å². The van der Waals surface area contributed by atoms with Crippen molar-refractivity contribution in [3.05, 3.63) is 47.8 Å². The molecule has 1 aliphatic rings. The second-order valence-electron chi connectivity index (χ2n) is 7.22. The number of piperidine rings is 1. The van der Waals surface area contributed by atoms with Crippen LogP contribution in [0.1, 0.15) is 43.2 Å². The second kappa shape index (κ2) is 7.58. The summed E-state index contributed by atoms with van der Waals surface area (Å²) in [6, 6.07) is 10.1. The van der Waals surface area contributed by atoms with Crippen LogP contribution in [0.2, 0.25) is 0 Å². The normalized spacial score (nSPS) is 19.4. The first-order valence-corrected chi connectivity index (χ1v) is 8.61. The fourth-order valence-corrected chi connectivity index (χ4v) is 3.40. The van der Waals surface area contributed by atoms with Gasteiger partial charge in [0, 0.05) is 19.1 Å². The van der Waals surface area contributed by atoms with Crippen molar-refractivity contribution in [2.75, 3.05) is 13.1 Å². The van der Waals surface area contributed by atoms with Crippen LogP contribution in [-0.2, 0) is 6.42 Å². The van der Waals surface area contributed by atoms with Crippen LogP contribution in [-0.4, -0.2) is 39.7 Å². The van der Waals surface area contributed by atoms with Crippen molar-refractivity contribution in [2.24, 2.45) is 11.1 Å². The fourth-order valence-electron chi connectivity index (χ4n) is 3.40. The molecule has 1 aromatic heterocycles. The Hall–Kier alpha value is -1.85. The number of amides is 1. The van der Waals surface area contributed by atoms with Gasteiger partial charge >= 0.3 is 0 Å². The largest absolute Gasteiger partial charge is 0.338 e. The van der Waals surface area contributed by atoms with Crippen LogP contribution in [0.3, 0.4) is 0 Å². The molecule has 1 aliphatic heterocycles. The Bertz CT molecular complexity index is 726. The van der Waals surface area contributed by atoms with Crippen molar-refractivity contribution < 1.29 is 4.79 Å². The molecule has 1 atom stereocenters. The summed E-state index contributed by atoms with van der Waals surface area (Å²) in [5, 5.41) is 4.47. The smallest absolute Gasteiger partial charge is 0.257 e. The first kappa shape index (κ1) is 19.5. The summed E-state index contributed by atoms with van der Waals surface area (Å²) >= 11 is 0. The van der Waals surface area contributed by atoms with Gasteiger partial charge in [-0.1, -0.05) is 39.0 Å². The molecule has 3 rings (SSSR count). The number of hydrogen-bond donors (Lipinski definition) is 1.